The number of aryl methyl sites for hydroxylation is 1. The van der Waals surface area contributed by atoms with Gasteiger partial charge in [-0.1, -0.05) is 37.3 Å². The Labute approximate surface area is 175 Å². The van der Waals surface area contributed by atoms with E-state index in [2.05, 4.69) is 4.98 Å². The molecule has 0 bridgehead atoms. The molecule has 0 aliphatic rings. The van der Waals surface area contributed by atoms with E-state index < -0.39 is 5.97 Å². The lowest BCUT2D eigenvalue weighted by Gasteiger charge is -2.13. The predicted molar refractivity (Wildman–Crippen MR) is 115 cm³/mol. The first kappa shape index (κ1) is 21.2. The molecule has 0 saturated carbocycles. The van der Waals surface area contributed by atoms with Crippen molar-refractivity contribution in [2.45, 2.75) is 26.7 Å². The molecule has 6 nitrogen and oxygen atoms in total. The molecule has 0 amide bonds. The van der Waals surface area contributed by atoms with E-state index in [0.717, 1.165) is 17.0 Å². The number of carboxylic acid groups (broad SMARTS) is 1. The van der Waals surface area contributed by atoms with Gasteiger partial charge in [0.1, 0.15) is 5.76 Å². The smallest absolute Gasteiger partial charge is 0.331 e. The standard InChI is InChI=1S/C24H25NO5/c1-4-17(24(26)27)15-19-11-8-12-21(22(19)28-3)29-14-13-20-16(2)30-23(25-20)18-9-6-5-7-10-18/h5-12,15H,4,13-14H2,1-3H3,(H,26,27). The van der Waals surface area contributed by atoms with Crippen LogP contribution in [0.3, 0.4) is 0 Å². The van der Waals surface area contributed by atoms with Gasteiger partial charge in [0, 0.05) is 23.1 Å². The second-order valence-electron chi connectivity index (χ2n) is 6.69. The number of benzene rings is 2. The van der Waals surface area contributed by atoms with Crippen molar-refractivity contribution in [3.63, 3.8) is 0 Å². The van der Waals surface area contributed by atoms with Gasteiger partial charge in [0.2, 0.25) is 5.89 Å². The van der Waals surface area contributed by atoms with Gasteiger partial charge in [0.05, 0.1) is 19.4 Å². The second kappa shape index (κ2) is 9.78. The van der Waals surface area contributed by atoms with Gasteiger partial charge >= 0.3 is 5.97 Å². The van der Waals surface area contributed by atoms with Crippen LogP contribution in [0.5, 0.6) is 11.5 Å². The molecular formula is C24H25NO5. The fourth-order valence-corrected chi connectivity index (χ4v) is 3.10. The minimum atomic E-state index is -0.943. The van der Waals surface area contributed by atoms with Crippen LogP contribution in [0, 0.1) is 6.92 Å². The third-order valence-corrected chi connectivity index (χ3v) is 4.71. The van der Waals surface area contributed by atoms with Gasteiger partial charge in [-0.15, -0.1) is 0 Å². The predicted octanol–water partition coefficient (Wildman–Crippen LogP) is 5.16. The van der Waals surface area contributed by atoms with Crippen LogP contribution >= 0.6 is 0 Å². The van der Waals surface area contributed by atoms with Crippen molar-refractivity contribution in [2.75, 3.05) is 13.7 Å². The molecule has 3 rings (SSSR count). The number of oxazole rings is 1. The van der Waals surface area contributed by atoms with Crippen molar-refractivity contribution in [3.05, 3.63) is 71.1 Å². The van der Waals surface area contributed by atoms with E-state index in [9.17, 15) is 9.90 Å². The number of rotatable bonds is 9. The van der Waals surface area contributed by atoms with Crippen molar-refractivity contribution in [3.8, 4) is 23.0 Å². The van der Waals surface area contributed by atoms with Crippen LogP contribution in [-0.4, -0.2) is 29.8 Å². The highest BCUT2D eigenvalue weighted by atomic mass is 16.5. The van der Waals surface area contributed by atoms with Crippen LogP contribution in [0.25, 0.3) is 17.5 Å². The monoisotopic (exact) mass is 407 g/mol. The number of carbonyl (C=O) groups is 1. The fraction of sp³-hybridized carbons (Fsp3) is 0.250. The third kappa shape index (κ3) is 4.89. The number of hydrogen-bond acceptors (Lipinski definition) is 5. The topological polar surface area (TPSA) is 81.8 Å². The average molecular weight is 407 g/mol. The summed E-state index contributed by atoms with van der Waals surface area (Å²) < 4.78 is 17.2. The number of ether oxygens (including phenoxy) is 2. The molecule has 0 spiro atoms. The molecule has 6 heteroatoms. The Kier molecular flexibility index (Phi) is 6.91. The van der Waals surface area contributed by atoms with Crippen LogP contribution in [0.1, 0.15) is 30.4 Å². The number of aliphatic carboxylic acids is 1. The third-order valence-electron chi connectivity index (χ3n) is 4.71. The number of hydrogen-bond donors (Lipinski definition) is 1. The highest BCUT2D eigenvalue weighted by Crippen LogP contribution is 2.33. The SMILES string of the molecule is CCC(=Cc1cccc(OCCc2nc(-c3ccccc3)oc2C)c1OC)C(=O)O. The zero-order chi connectivity index (χ0) is 21.5. The molecular weight excluding hydrogens is 382 g/mol. The van der Waals surface area contributed by atoms with Crippen LogP contribution < -0.4 is 9.47 Å². The van der Waals surface area contributed by atoms with Crippen molar-refractivity contribution in [2.24, 2.45) is 0 Å². The van der Waals surface area contributed by atoms with Gasteiger partial charge in [-0.05, 0) is 37.6 Å². The summed E-state index contributed by atoms with van der Waals surface area (Å²) in [6, 6.07) is 15.2. The lowest BCUT2D eigenvalue weighted by molar-refractivity contribution is -0.132. The molecule has 0 saturated heterocycles. The Morgan fingerprint density at radius 3 is 2.60 bits per heavy atom. The van der Waals surface area contributed by atoms with Crippen molar-refractivity contribution < 1.29 is 23.8 Å². The molecule has 2 aromatic carbocycles. The van der Waals surface area contributed by atoms with Gasteiger partial charge in [0.15, 0.2) is 11.5 Å². The van der Waals surface area contributed by atoms with Gasteiger partial charge < -0.3 is 19.0 Å². The zero-order valence-electron chi connectivity index (χ0n) is 17.3. The molecule has 0 fully saturated rings. The van der Waals surface area contributed by atoms with Gasteiger partial charge in [-0.25, -0.2) is 9.78 Å². The van der Waals surface area contributed by atoms with Crippen molar-refractivity contribution >= 4 is 12.0 Å². The van der Waals surface area contributed by atoms with E-state index in [1.54, 1.807) is 32.2 Å². The summed E-state index contributed by atoms with van der Waals surface area (Å²) in [5.41, 5.74) is 2.73. The number of carboxylic acids is 1. The summed E-state index contributed by atoms with van der Waals surface area (Å²) in [5, 5.41) is 9.29. The second-order valence-corrected chi connectivity index (χ2v) is 6.69. The Hall–Kier alpha value is -3.54. The molecule has 3 aromatic rings. The summed E-state index contributed by atoms with van der Waals surface area (Å²) in [6.07, 6.45) is 2.60. The first-order chi connectivity index (χ1) is 14.5. The molecule has 0 aliphatic heterocycles. The van der Waals surface area contributed by atoms with E-state index in [1.165, 1.54) is 0 Å². The maximum absolute atomic E-state index is 11.3. The molecule has 0 radical (unpaired) electrons. The fourth-order valence-electron chi connectivity index (χ4n) is 3.10. The van der Waals surface area contributed by atoms with Crippen LogP contribution in [0.2, 0.25) is 0 Å². The first-order valence-corrected chi connectivity index (χ1v) is 9.78. The minimum Gasteiger partial charge on any atom is -0.492 e. The Morgan fingerprint density at radius 2 is 1.93 bits per heavy atom. The van der Waals surface area contributed by atoms with Crippen LogP contribution in [0.4, 0.5) is 0 Å². The number of nitrogens with zero attached hydrogens (tertiary/aromatic N) is 1. The van der Waals surface area contributed by atoms with E-state index in [1.807, 2.05) is 43.3 Å². The highest BCUT2D eigenvalue weighted by Gasteiger charge is 2.14. The molecule has 0 aliphatic carbocycles. The van der Waals surface area contributed by atoms with E-state index in [-0.39, 0.29) is 0 Å². The Bertz CT molecular complexity index is 1040. The zero-order valence-corrected chi connectivity index (χ0v) is 17.3. The maximum atomic E-state index is 11.3. The van der Waals surface area contributed by atoms with Gasteiger partial charge in [-0.2, -0.15) is 0 Å². The highest BCUT2D eigenvalue weighted by molar-refractivity contribution is 5.92. The maximum Gasteiger partial charge on any atom is 0.331 e. The van der Waals surface area contributed by atoms with E-state index in [4.69, 9.17) is 13.9 Å². The average Bonchev–Trinajstić information content (AvgIpc) is 3.13. The quantitative estimate of drug-likeness (QED) is 0.494. The summed E-state index contributed by atoms with van der Waals surface area (Å²) in [6.45, 7) is 4.07. The summed E-state index contributed by atoms with van der Waals surface area (Å²) in [7, 11) is 1.54. The van der Waals surface area contributed by atoms with Crippen molar-refractivity contribution in [1.29, 1.82) is 0 Å². The Morgan fingerprint density at radius 1 is 1.17 bits per heavy atom. The molecule has 1 aromatic heterocycles. The normalized spacial score (nSPS) is 11.4. The summed E-state index contributed by atoms with van der Waals surface area (Å²) >= 11 is 0. The number of aromatic nitrogens is 1. The minimum absolute atomic E-state index is 0.303. The molecule has 0 unspecified atom stereocenters. The lowest BCUT2D eigenvalue weighted by atomic mass is 10.1. The number of para-hydroxylation sites is 1. The molecule has 30 heavy (non-hydrogen) atoms. The molecule has 0 atom stereocenters. The number of methoxy groups -OCH3 is 1. The summed E-state index contributed by atoms with van der Waals surface area (Å²) in [5.74, 6) is 1.47. The molecule has 1 heterocycles. The van der Waals surface area contributed by atoms with E-state index in [0.29, 0.717) is 48.0 Å². The first-order valence-electron chi connectivity index (χ1n) is 9.78. The summed E-state index contributed by atoms with van der Waals surface area (Å²) in [4.78, 5) is 15.9. The van der Waals surface area contributed by atoms with Gasteiger partial charge in [-0.3, -0.25) is 0 Å². The molecule has 1 N–H and O–H groups in total. The Balaban J connectivity index is 1.73. The van der Waals surface area contributed by atoms with Crippen molar-refractivity contribution in [1.82, 2.24) is 4.98 Å². The van der Waals surface area contributed by atoms with E-state index >= 15 is 0 Å². The van der Waals surface area contributed by atoms with Crippen LogP contribution in [0.15, 0.2) is 58.5 Å². The molecule has 156 valence electrons. The van der Waals surface area contributed by atoms with Crippen LogP contribution in [-0.2, 0) is 11.2 Å². The lowest BCUT2D eigenvalue weighted by Crippen LogP contribution is -2.05. The van der Waals surface area contributed by atoms with Gasteiger partial charge in [0.25, 0.3) is 0 Å². The largest absolute Gasteiger partial charge is 0.492 e.